The molecule has 7 nitrogen and oxygen atoms in total. The molecule has 0 aliphatic carbocycles. The quantitative estimate of drug-likeness (QED) is 0.807. The third-order valence-corrected chi connectivity index (χ3v) is 5.54. The zero-order valence-corrected chi connectivity index (χ0v) is 15.9. The Morgan fingerprint density at radius 3 is 2.81 bits per heavy atom. The number of aliphatic hydroxyl groups excluding tert-OH is 1. The SMILES string of the molecule is O=C(NCCN1CCCCC1CO)N1CCN(c2ncccc2Cl)CC1. The summed E-state index contributed by atoms with van der Waals surface area (Å²) in [6.45, 7) is 5.37. The van der Waals surface area contributed by atoms with Gasteiger partial charge in [0.25, 0.3) is 0 Å². The van der Waals surface area contributed by atoms with Gasteiger partial charge in [0.15, 0.2) is 0 Å². The van der Waals surface area contributed by atoms with Gasteiger partial charge < -0.3 is 20.2 Å². The van der Waals surface area contributed by atoms with E-state index in [1.807, 2.05) is 17.0 Å². The molecule has 0 saturated carbocycles. The van der Waals surface area contributed by atoms with Crippen LogP contribution >= 0.6 is 11.6 Å². The fourth-order valence-electron chi connectivity index (χ4n) is 3.71. The minimum absolute atomic E-state index is 0.0191. The smallest absolute Gasteiger partial charge is 0.317 e. The molecule has 2 amide bonds. The van der Waals surface area contributed by atoms with E-state index in [0.717, 1.165) is 38.4 Å². The van der Waals surface area contributed by atoms with E-state index < -0.39 is 0 Å². The van der Waals surface area contributed by atoms with Crippen LogP contribution in [-0.4, -0.2) is 84.4 Å². The summed E-state index contributed by atoms with van der Waals surface area (Å²) in [5.74, 6) is 0.786. The van der Waals surface area contributed by atoms with Gasteiger partial charge in [-0.15, -0.1) is 0 Å². The van der Waals surface area contributed by atoms with E-state index in [1.165, 1.54) is 12.8 Å². The minimum Gasteiger partial charge on any atom is -0.395 e. The van der Waals surface area contributed by atoms with Gasteiger partial charge in [0.1, 0.15) is 5.82 Å². The Labute approximate surface area is 159 Å². The molecule has 2 saturated heterocycles. The van der Waals surface area contributed by atoms with Crippen molar-refractivity contribution >= 4 is 23.4 Å². The van der Waals surface area contributed by atoms with Gasteiger partial charge in [0.05, 0.1) is 11.6 Å². The number of pyridine rings is 1. The molecule has 2 aliphatic heterocycles. The highest BCUT2D eigenvalue weighted by Crippen LogP contribution is 2.23. The first-order valence-electron chi connectivity index (χ1n) is 9.42. The number of anilines is 1. The van der Waals surface area contributed by atoms with E-state index in [-0.39, 0.29) is 18.7 Å². The Morgan fingerprint density at radius 1 is 1.27 bits per heavy atom. The van der Waals surface area contributed by atoms with E-state index in [9.17, 15) is 9.90 Å². The summed E-state index contributed by atoms with van der Waals surface area (Å²) in [7, 11) is 0. The molecule has 2 N–H and O–H groups in total. The summed E-state index contributed by atoms with van der Waals surface area (Å²) in [6, 6.07) is 3.88. The maximum absolute atomic E-state index is 12.4. The zero-order valence-electron chi connectivity index (χ0n) is 15.1. The maximum atomic E-state index is 12.4. The number of aliphatic hydroxyl groups is 1. The van der Waals surface area contributed by atoms with E-state index in [0.29, 0.717) is 24.7 Å². The van der Waals surface area contributed by atoms with Crippen molar-refractivity contribution in [2.45, 2.75) is 25.3 Å². The number of halogens is 1. The van der Waals surface area contributed by atoms with Crippen LogP contribution in [-0.2, 0) is 0 Å². The second-order valence-corrected chi connectivity index (χ2v) is 7.29. The third kappa shape index (κ3) is 4.78. The number of aromatic nitrogens is 1. The Hall–Kier alpha value is -1.57. The van der Waals surface area contributed by atoms with Gasteiger partial charge >= 0.3 is 6.03 Å². The van der Waals surface area contributed by atoms with E-state index in [1.54, 1.807) is 6.20 Å². The normalized spacial score (nSPS) is 21.7. The van der Waals surface area contributed by atoms with Crippen molar-refractivity contribution in [2.75, 3.05) is 57.3 Å². The van der Waals surface area contributed by atoms with Crippen molar-refractivity contribution < 1.29 is 9.90 Å². The van der Waals surface area contributed by atoms with Crippen LogP contribution in [0.5, 0.6) is 0 Å². The average Bonchev–Trinajstić information content (AvgIpc) is 2.69. The Bertz CT molecular complexity index is 595. The van der Waals surface area contributed by atoms with Crippen LogP contribution in [0.25, 0.3) is 0 Å². The van der Waals surface area contributed by atoms with Gasteiger partial charge in [-0.05, 0) is 31.5 Å². The number of nitrogens with zero attached hydrogens (tertiary/aromatic N) is 4. The molecule has 0 spiro atoms. The Kier molecular flexibility index (Phi) is 6.93. The van der Waals surface area contributed by atoms with Gasteiger partial charge in [-0.2, -0.15) is 0 Å². The van der Waals surface area contributed by atoms with Crippen LogP contribution in [0.15, 0.2) is 18.3 Å². The Morgan fingerprint density at radius 2 is 2.08 bits per heavy atom. The van der Waals surface area contributed by atoms with Gasteiger partial charge in [-0.25, -0.2) is 9.78 Å². The molecule has 8 heteroatoms. The number of piperidine rings is 1. The molecule has 1 atom stereocenters. The molecule has 3 rings (SSSR count). The molecule has 2 fully saturated rings. The summed E-state index contributed by atoms with van der Waals surface area (Å²) in [4.78, 5) is 23.0. The maximum Gasteiger partial charge on any atom is 0.317 e. The molecule has 2 aliphatic rings. The molecule has 3 heterocycles. The lowest BCUT2D eigenvalue weighted by Gasteiger charge is -2.36. The van der Waals surface area contributed by atoms with Gasteiger partial charge in [-0.1, -0.05) is 18.0 Å². The summed E-state index contributed by atoms with van der Waals surface area (Å²) >= 11 is 6.20. The fourth-order valence-corrected chi connectivity index (χ4v) is 3.95. The first-order chi connectivity index (χ1) is 12.7. The average molecular weight is 382 g/mol. The van der Waals surface area contributed by atoms with E-state index in [4.69, 9.17) is 11.6 Å². The van der Waals surface area contributed by atoms with Gasteiger partial charge in [0.2, 0.25) is 0 Å². The van der Waals surface area contributed by atoms with Crippen LogP contribution in [0.3, 0.4) is 0 Å². The highest BCUT2D eigenvalue weighted by atomic mass is 35.5. The summed E-state index contributed by atoms with van der Waals surface area (Å²) in [5.41, 5.74) is 0. The van der Waals surface area contributed by atoms with Gasteiger partial charge in [-0.3, -0.25) is 4.90 Å². The molecule has 144 valence electrons. The highest BCUT2D eigenvalue weighted by molar-refractivity contribution is 6.32. The monoisotopic (exact) mass is 381 g/mol. The zero-order chi connectivity index (χ0) is 18.4. The molecular formula is C18H28ClN5O2. The number of carbonyl (C=O) groups excluding carboxylic acids is 1. The predicted molar refractivity (Wildman–Crippen MR) is 103 cm³/mol. The number of hydrogen-bond acceptors (Lipinski definition) is 5. The third-order valence-electron chi connectivity index (χ3n) is 5.24. The molecule has 1 aromatic rings. The number of piperazine rings is 1. The van der Waals surface area contributed by atoms with Crippen LogP contribution in [0.1, 0.15) is 19.3 Å². The lowest BCUT2D eigenvalue weighted by Crippen LogP contribution is -2.53. The highest BCUT2D eigenvalue weighted by Gasteiger charge is 2.24. The molecule has 0 aromatic carbocycles. The topological polar surface area (TPSA) is 71.9 Å². The van der Waals surface area contributed by atoms with Crippen molar-refractivity contribution in [2.24, 2.45) is 0 Å². The van der Waals surface area contributed by atoms with Crippen LogP contribution in [0.2, 0.25) is 5.02 Å². The first-order valence-corrected chi connectivity index (χ1v) is 9.80. The minimum atomic E-state index is -0.0191. The molecular weight excluding hydrogens is 354 g/mol. The van der Waals surface area contributed by atoms with Gasteiger partial charge in [0, 0.05) is 51.5 Å². The number of carbonyl (C=O) groups is 1. The second kappa shape index (κ2) is 9.39. The number of amides is 2. The van der Waals surface area contributed by atoms with E-state index >= 15 is 0 Å². The summed E-state index contributed by atoms with van der Waals surface area (Å²) < 4.78 is 0. The number of rotatable bonds is 5. The number of nitrogens with one attached hydrogen (secondary N) is 1. The lowest BCUT2D eigenvalue weighted by atomic mass is 10.0. The van der Waals surface area contributed by atoms with Crippen LogP contribution in [0.4, 0.5) is 10.6 Å². The fraction of sp³-hybridized carbons (Fsp3) is 0.667. The number of urea groups is 1. The summed E-state index contributed by atoms with van der Waals surface area (Å²) in [6.07, 6.45) is 5.13. The molecule has 0 radical (unpaired) electrons. The molecule has 1 aromatic heterocycles. The number of hydrogen-bond donors (Lipinski definition) is 2. The van der Waals surface area contributed by atoms with Crippen molar-refractivity contribution in [3.63, 3.8) is 0 Å². The second-order valence-electron chi connectivity index (χ2n) is 6.88. The number of likely N-dealkylation sites (tertiary alicyclic amines) is 1. The standard InChI is InChI=1S/C18H28ClN5O2/c19-16-5-3-6-20-17(16)23-10-12-24(13-11-23)18(26)21-7-9-22-8-2-1-4-15(22)14-25/h3,5-6,15,25H,1-2,4,7-14H2,(H,21,26). The molecule has 1 unspecified atom stereocenters. The van der Waals surface area contributed by atoms with Crippen molar-refractivity contribution in [3.05, 3.63) is 23.4 Å². The largest absolute Gasteiger partial charge is 0.395 e. The first kappa shape index (κ1) is 19.2. The Balaban J connectivity index is 1.40. The van der Waals surface area contributed by atoms with E-state index in [2.05, 4.69) is 20.1 Å². The summed E-state index contributed by atoms with van der Waals surface area (Å²) in [5, 5.41) is 13.1. The van der Waals surface area contributed by atoms with Crippen LogP contribution in [0, 0.1) is 0 Å². The van der Waals surface area contributed by atoms with Crippen molar-refractivity contribution in [1.82, 2.24) is 20.1 Å². The molecule has 26 heavy (non-hydrogen) atoms. The van der Waals surface area contributed by atoms with Crippen LogP contribution < -0.4 is 10.2 Å². The lowest BCUT2D eigenvalue weighted by molar-refractivity contribution is 0.0909. The predicted octanol–water partition coefficient (Wildman–Crippen LogP) is 1.41. The molecule has 0 bridgehead atoms. The van der Waals surface area contributed by atoms with Crippen molar-refractivity contribution in [1.29, 1.82) is 0 Å². The van der Waals surface area contributed by atoms with Crippen molar-refractivity contribution in [3.8, 4) is 0 Å².